The van der Waals surface area contributed by atoms with Gasteiger partial charge in [-0.25, -0.2) is 19.9 Å². The minimum atomic E-state index is -1.08. The summed E-state index contributed by atoms with van der Waals surface area (Å²) in [6.45, 7) is 5.66. The number of likely N-dealkylation sites (tertiary alicyclic amines) is 2. The molecule has 9 rings (SSSR count). The second kappa shape index (κ2) is 16.4. The van der Waals surface area contributed by atoms with Crippen LogP contribution in [0.2, 0.25) is 0 Å². The molecule has 1 saturated carbocycles. The summed E-state index contributed by atoms with van der Waals surface area (Å²) < 4.78 is 7.94. The van der Waals surface area contributed by atoms with Crippen LogP contribution in [0.5, 0.6) is 5.75 Å². The largest absolute Gasteiger partial charge is 0.483 e. The number of aromatic nitrogens is 5. The quantitative estimate of drug-likeness (QED) is 0.186. The van der Waals surface area contributed by atoms with Gasteiger partial charge in [-0.15, -0.1) is 0 Å². The molecule has 4 fully saturated rings. The number of hydrogen-bond donors (Lipinski definition) is 3. The number of nitrogens with one attached hydrogen (secondary N) is 3. The van der Waals surface area contributed by atoms with Crippen LogP contribution in [0.4, 0.5) is 5.82 Å². The number of imidazole rings is 1. The van der Waals surface area contributed by atoms with Crippen LogP contribution in [0.3, 0.4) is 0 Å². The van der Waals surface area contributed by atoms with E-state index in [4.69, 9.17) is 9.72 Å². The standard InChI is InChI=1S/C42H47N11O7/c1-24-4-2-6-30(46-24)39(56)48-27-18-28(19-27)52-23-45-36-37(43-22-44-38(36)52)47-26-12-14-50(15-13-26)20-25-10-16-51(17-11-25)34(55)21-60-32-7-3-5-29-35(32)42(59)53(41(29)58)31-8-9-33(54)49-40(31)57/h2-7,22-23,25-28,31H,8-21H2,1H3,(H,48,56)(H,43,44,47)(H,49,54,57)/t27?,28?,31-/m0/s1. The second-order valence-electron chi connectivity index (χ2n) is 16.5. The number of pyridine rings is 1. The molecule has 0 bridgehead atoms. The molecule has 0 unspecified atom stereocenters. The molecule has 3 saturated heterocycles. The van der Waals surface area contributed by atoms with Crippen molar-refractivity contribution < 1.29 is 33.5 Å². The summed E-state index contributed by atoms with van der Waals surface area (Å²) in [5.74, 6) is -1.47. The number of benzene rings is 1. The maximum absolute atomic E-state index is 13.4. The Kier molecular flexibility index (Phi) is 10.7. The zero-order chi connectivity index (χ0) is 41.5. The molecule has 18 nitrogen and oxygen atoms in total. The number of piperidine rings is 3. The number of ether oxygens (including phenoxy) is 1. The molecule has 1 atom stereocenters. The minimum Gasteiger partial charge on any atom is -0.483 e. The number of aryl methyl sites for hydroxylation is 1. The van der Waals surface area contributed by atoms with Crippen molar-refractivity contribution in [1.82, 2.24) is 49.8 Å². The highest BCUT2D eigenvalue weighted by Gasteiger charge is 2.46. The topological polar surface area (TPSA) is 214 Å². The van der Waals surface area contributed by atoms with E-state index in [1.807, 2.05) is 25.4 Å². The number of carbonyl (C=O) groups excluding carboxylic acids is 6. The van der Waals surface area contributed by atoms with Crippen LogP contribution in [0.15, 0.2) is 49.1 Å². The fourth-order valence-corrected chi connectivity index (χ4v) is 9.10. The van der Waals surface area contributed by atoms with Crippen molar-refractivity contribution in [3.63, 3.8) is 0 Å². The predicted octanol–water partition coefficient (Wildman–Crippen LogP) is 2.26. The molecule has 1 aliphatic carbocycles. The van der Waals surface area contributed by atoms with Gasteiger partial charge in [0, 0.05) is 63.0 Å². The van der Waals surface area contributed by atoms with Crippen LogP contribution in [0, 0.1) is 12.8 Å². The molecule has 4 aromatic rings. The van der Waals surface area contributed by atoms with Crippen molar-refractivity contribution in [2.45, 2.75) is 82.5 Å². The predicted molar refractivity (Wildman–Crippen MR) is 215 cm³/mol. The lowest BCUT2D eigenvalue weighted by Crippen LogP contribution is -2.54. The van der Waals surface area contributed by atoms with Gasteiger partial charge in [0.1, 0.15) is 29.3 Å². The van der Waals surface area contributed by atoms with Gasteiger partial charge >= 0.3 is 0 Å². The Morgan fingerprint density at radius 3 is 2.43 bits per heavy atom. The lowest BCUT2D eigenvalue weighted by atomic mass is 9.86. The molecule has 7 heterocycles. The number of anilines is 1. The summed E-state index contributed by atoms with van der Waals surface area (Å²) in [7, 11) is 0. The molecule has 0 radical (unpaired) electrons. The third-order valence-electron chi connectivity index (χ3n) is 12.5. The summed E-state index contributed by atoms with van der Waals surface area (Å²) in [6.07, 6.45) is 8.73. The lowest BCUT2D eigenvalue weighted by Gasteiger charge is -2.38. The van der Waals surface area contributed by atoms with E-state index in [0.29, 0.717) is 24.7 Å². The molecule has 3 N–H and O–H groups in total. The van der Waals surface area contributed by atoms with Crippen molar-refractivity contribution in [3.8, 4) is 5.75 Å². The number of fused-ring (bicyclic) bond motifs is 2. The van der Waals surface area contributed by atoms with Gasteiger partial charge < -0.3 is 29.7 Å². The fraction of sp³-hybridized carbons (Fsp3) is 0.476. The van der Waals surface area contributed by atoms with E-state index < -0.39 is 29.7 Å². The first kappa shape index (κ1) is 39.2. The van der Waals surface area contributed by atoms with Crippen LogP contribution < -0.4 is 20.7 Å². The first-order chi connectivity index (χ1) is 29.1. The van der Waals surface area contributed by atoms with Gasteiger partial charge in [-0.05, 0) is 82.1 Å². The van der Waals surface area contributed by atoms with E-state index in [2.05, 4.69) is 40.4 Å². The third-order valence-corrected chi connectivity index (χ3v) is 12.5. The number of imide groups is 2. The van der Waals surface area contributed by atoms with Crippen LogP contribution >= 0.6 is 0 Å². The van der Waals surface area contributed by atoms with Gasteiger partial charge in [-0.3, -0.25) is 39.0 Å². The van der Waals surface area contributed by atoms with E-state index >= 15 is 0 Å². The smallest absolute Gasteiger partial charge is 0.270 e. The number of nitrogens with zero attached hydrogens (tertiary/aromatic N) is 8. The first-order valence-corrected chi connectivity index (χ1v) is 20.8. The molecule has 1 aromatic carbocycles. The molecule has 60 heavy (non-hydrogen) atoms. The molecular formula is C42H47N11O7. The van der Waals surface area contributed by atoms with Crippen LogP contribution in [0.1, 0.15) is 94.3 Å². The molecule has 18 heteroatoms. The SMILES string of the molecule is Cc1cccc(C(=O)NC2CC(n3cnc4c(NC5CCN(CC6CCN(C(=O)COc7cccc8c7C(=O)N([C@H]7CCC(=O)NC7=O)C8=O)CC6)CC5)ncnc43)C2)n1. The van der Waals surface area contributed by atoms with Gasteiger partial charge in [0.25, 0.3) is 23.6 Å². The van der Waals surface area contributed by atoms with Crippen LogP contribution in [-0.2, 0) is 14.4 Å². The maximum atomic E-state index is 13.4. The van der Waals surface area contributed by atoms with Gasteiger partial charge in [0.15, 0.2) is 18.1 Å². The zero-order valence-electron chi connectivity index (χ0n) is 33.3. The van der Waals surface area contributed by atoms with Gasteiger partial charge in [0.05, 0.1) is 17.5 Å². The van der Waals surface area contributed by atoms with Crippen molar-refractivity contribution in [2.24, 2.45) is 5.92 Å². The van der Waals surface area contributed by atoms with Crippen molar-refractivity contribution >= 4 is 52.4 Å². The summed E-state index contributed by atoms with van der Waals surface area (Å²) in [6, 6.07) is 9.47. The molecule has 312 valence electrons. The fourth-order valence-electron chi connectivity index (χ4n) is 9.10. The number of hydrogen-bond acceptors (Lipinski definition) is 13. The molecule has 3 aromatic heterocycles. The summed E-state index contributed by atoms with van der Waals surface area (Å²) in [5.41, 5.74) is 2.90. The monoisotopic (exact) mass is 817 g/mol. The van der Waals surface area contributed by atoms with Crippen molar-refractivity contribution in [2.75, 3.05) is 44.6 Å². The van der Waals surface area contributed by atoms with Gasteiger partial charge in [-0.1, -0.05) is 12.1 Å². The first-order valence-electron chi connectivity index (χ1n) is 20.8. The average Bonchev–Trinajstić information content (AvgIpc) is 3.77. The van der Waals surface area contributed by atoms with Gasteiger partial charge in [0.2, 0.25) is 11.8 Å². The minimum absolute atomic E-state index is 0.0260. The summed E-state index contributed by atoms with van der Waals surface area (Å²) in [5, 5.41) is 8.92. The Bertz CT molecular complexity index is 2360. The Labute approximate surface area is 345 Å². The average molecular weight is 818 g/mol. The Balaban J connectivity index is 0.708. The molecular weight excluding hydrogens is 771 g/mol. The van der Waals surface area contributed by atoms with Crippen LogP contribution in [0.25, 0.3) is 11.2 Å². The third kappa shape index (κ3) is 7.78. The van der Waals surface area contributed by atoms with Crippen molar-refractivity contribution in [1.29, 1.82) is 0 Å². The normalized spacial score (nSPS) is 22.7. The second-order valence-corrected chi connectivity index (χ2v) is 16.5. The lowest BCUT2D eigenvalue weighted by molar-refractivity contribution is -0.136. The van der Waals surface area contributed by atoms with E-state index in [-0.39, 0.29) is 66.3 Å². The summed E-state index contributed by atoms with van der Waals surface area (Å²) in [4.78, 5) is 99.8. The zero-order valence-corrected chi connectivity index (χ0v) is 33.3. The molecule has 4 aliphatic heterocycles. The molecule has 6 amide bonds. The Morgan fingerprint density at radius 2 is 1.67 bits per heavy atom. The maximum Gasteiger partial charge on any atom is 0.270 e. The number of carbonyl (C=O) groups is 6. The van der Waals surface area contributed by atoms with Crippen LogP contribution in [-0.4, -0.2) is 132 Å². The number of amides is 6. The highest BCUT2D eigenvalue weighted by atomic mass is 16.5. The molecule has 0 spiro atoms. The van der Waals surface area contributed by atoms with E-state index in [9.17, 15) is 28.8 Å². The van der Waals surface area contributed by atoms with Gasteiger partial charge in [-0.2, -0.15) is 0 Å². The van der Waals surface area contributed by atoms with E-state index in [1.54, 1.807) is 29.4 Å². The Morgan fingerprint density at radius 1 is 0.883 bits per heavy atom. The van der Waals surface area contributed by atoms with E-state index in [1.165, 1.54) is 6.07 Å². The Hall–Kier alpha value is -6.30. The van der Waals surface area contributed by atoms with E-state index in [0.717, 1.165) is 85.7 Å². The summed E-state index contributed by atoms with van der Waals surface area (Å²) >= 11 is 0. The highest BCUT2D eigenvalue weighted by Crippen LogP contribution is 2.36. The highest BCUT2D eigenvalue weighted by molar-refractivity contribution is 6.24. The molecule has 5 aliphatic rings. The van der Waals surface area contributed by atoms with Crippen molar-refractivity contribution in [3.05, 3.63) is 71.6 Å². The number of rotatable bonds is 11.